The third kappa shape index (κ3) is 3.53. The average molecular weight is 397 g/mol. The fourth-order valence-corrected chi connectivity index (χ4v) is 4.07. The predicted molar refractivity (Wildman–Crippen MR) is 117 cm³/mol. The van der Waals surface area contributed by atoms with E-state index >= 15 is 0 Å². The zero-order valence-electron chi connectivity index (χ0n) is 19.2. The summed E-state index contributed by atoms with van der Waals surface area (Å²) in [6.45, 7) is 15.2. The number of nitrogens with zero attached hydrogens (tertiary/aromatic N) is 6. The highest BCUT2D eigenvalue weighted by Gasteiger charge is 2.39. The normalized spacial score (nSPS) is 12.1. The second-order valence-corrected chi connectivity index (χ2v) is 7.71. The Kier molecular flexibility index (Phi) is 6.30. The van der Waals surface area contributed by atoms with Gasteiger partial charge in [0.15, 0.2) is 0 Å². The van der Waals surface area contributed by atoms with Gasteiger partial charge in [0.25, 0.3) is 0 Å². The summed E-state index contributed by atoms with van der Waals surface area (Å²) in [5.74, 6) is -0.670. The molecule has 0 atom stereocenters. The van der Waals surface area contributed by atoms with Crippen molar-refractivity contribution in [2.24, 2.45) is 0 Å². The van der Waals surface area contributed by atoms with Crippen LogP contribution in [0.4, 0.5) is 0 Å². The quantitative estimate of drug-likeness (QED) is 0.539. The van der Waals surface area contributed by atoms with E-state index in [9.17, 15) is 0 Å². The fourth-order valence-electron chi connectivity index (χ4n) is 4.07. The molecular formula is C23H36N6. The largest absolute Gasteiger partial charge is 0.246 e. The Morgan fingerprint density at radius 2 is 0.828 bits per heavy atom. The molecule has 6 nitrogen and oxygen atoms in total. The first-order valence-electron chi connectivity index (χ1n) is 11.2. The third-order valence-electron chi connectivity index (χ3n) is 5.88. The summed E-state index contributed by atoms with van der Waals surface area (Å²) in [5, 5.41) is 15.1. The van der Waals surface area contributed by atoms with Crippen LogP contribution in [0, 0.1) is 0 Å². The first-order valence-corrected chi connectivity index (χ1v) is 11.2. The second-order valence-electron chi connectivity index (χ2n) is 7.71. The lowest BCUT2D eigenvalue weighted by molar-refractivity contribution is 0.126. The van der Waals surface area contributed by atoms with Gasteiger partial charge in [0.2, 0.25) is 5.79 Å². The summed E-state index contributed by atoms with van der Waals surface area (Å²) in [7, 11) is 0. The SMILES string of the molecule is CCc1cc(CC)n(C(C)(n2nc(CC)cc2CC)n2nc(CC)cc2CC)n1. The molecule has 3 aromatic heterocycles. The fraction of sp³-hybridized carbons (Fsp3) is 0.609. The molecule has 0 fully saturated rings. The van der Waals surface area contributed by atoms with Gasteiger partial charge in [0, 0.05) is 24.0 Å². The molecule has 0 amide bonds. The first-order chi connectivity index (χ1) is 14.0. The Bertz CT molecular complexity index is 836. The van der Waals surface area contributed by atoms with Crippen molar-refractivity contribution in [3.05, 3.63) is 52.4 Å². The lowest BCUT2D eigenvalue weighted by Crippen LogP contribution is -2.49. The molecule has 0 saturated carbocycles. The van der Waals surface area contributed by atoms with E-state index in [1.165, 1.54) is 17.1 Å². The third-order valence-corrected chi connectivity index (χ3v) is 5.88. The Labute approximate surface area is 174 Å². The van der Waals surface area contributed by atoms with Crippen LogP contribution in [0.2, 0.25) is 0 Å². The summed E-state index contributed by atoms with van der Waals surface area (Å²) in [4.78, 5) is 0. The van der Waals surface area contributed by atoms with E-state index < -0.39 is 5.79 Å². The van der Waals surface area contributed by atoms with E-state index in [1.807, 2.05) is 0 Å². The predicted octanol–water partition coefficient (Wildman–Crippen LogP) is 4.38. The van der Waals surface area contributed by atoms with Gasteiger partial charge in [0.05, 0.1) is 17.1 Å². The zero-order chi connectivity index (χ0) is 21.2. The molecule has 0 N–H and O–H groups in total. The summed E-state index contributed by atoms with van der Waals surface area (Å²) in [6, 6.07) is 6.68. The van der Waals surface area contributed by atoms with Crippen molar-refractivity contribution in [1.82, 2.24) is 29.3 Å². The second kappa shape index (κ2) is 8.56. The molecule has 0 aliphatic rings. The van der Waals surface area contributed by atoms with Crippen LogP contribution in [0.3, 0.4) is 0 Å². The van der Waals surface area contributed by atoms with Gasteiger partial charge in [-0.15, -0.1) is 0 Å². The van der Waals surface area contributed by atoms with E-state index in [2.05, 4.69) is 80.7 Å². The minimum absolute atomic E-state index is 0.670. The Hall–Kier alpha value is -2.37. The maximum absolute atomic E-state index is 5.04. The Morgan fingerprint density at radius 3 is 1.03 bits per heavy atom. The number of rotatable bonds is 9. The van der Waals surface area contributed by atoms with Crippen LogP contribution >= 0.6 is 0 Å². The molecule has 3 aromatic rings. The van der Waals surface area contributed by atoms with Crippen molar-refractivity contribution >= 4 is 0 Å². The van der Waals surface area contributed by atoms with Crippen LogP contribution in [0.5, 0.6) is 0 Å². The van der Waals surface area contributed by atoms with Crippen molar-refractivity contribution < 1.29 is 0 Å². The van der Waals surface area contributed by atoms with Crippen LogP contribution < -0.4 is 0 Å². The summed E-state index contributed by atoms with van der Waals surface area (Å²) in [6.07, 6.45) is 5.47. The van der Waals surface area contributed by atoms with Crippen LogP contribution in [0.25, 0.3) is 0 Å². The molecule has 29 heavy (non-hydrogen) atoms. The van der Waals surface area contributed by atoms with E-state index in [1.54, 1.807) is 0 Å². The van der Waals surface area contributed by atoms with Crippen LogP contribution in [0.1, 0.15) is 82.6 Å². The summed E-state index contributed by atoms with van der Waals surface area (Å²) >= 11 is 0. The van der Waals surface area contributed by atoms with Crippen molar-refractivity contribution in [2.75, 3.05) is 0 Å². The number of hydrogen-bond acceptors (Lipinski definition) is 3. The monoisotopic (exact) mass is 396 g/mol. The highest BCUT2D eigenvalue weighted by atomic mass is 15.6. The lowest BCUT2D eigenvalue weighted by Gasteiger charge is -2.35. The molecule has 0 saturated heterocycles. The topological polar surface area (TPSA) is 53.5 Å². The smallest absolute Gasteiger partial charge is 0.222 e. The molecule has 0 spiro atoms. The minimum atomic E-state index is -0.670. The maximum Gasteiger partial charge on any atom is 0.246 e. The standard InChI is InChI=1S/C23H36N6/c1-8-17-14-20(11-4)27(24-17)23(7,28-21(12-5)15-18(9-2)25-28)29-22(13-6)16-19(10-3)26-29/h14-16H,8-13H2,1-7H3. The molecule has 6 heteroatoms. The van der Waals surface area contributed by atoms with Crippen molar-refractivity contribution in [3.8, 4) is 0 Å². The molecule has 3 rings (SSSR count). The van der Waals surface area contributed by atoms with E-state index in [0.29, 0.717) is 0 Å². The lowest BCUT2D eigenvalue weighted by atomic mass is 10.2. The Balaban J connectivity index is 2.38. The molecular weight excluding hydrogens is 360 g/mol. The molecule has 0 radical (unpaired) electrons. The number of aryl methyl sites for hydroxylation is 6. The van der Waals surface area contributed by atoms with Gasteiger partial charge in [-0.25, -0.2) is 14.0 Å². The van der Waals surface area contributed by atoms with Gasteiger partial charge in [-0.3, -0.25) is 0 Å². The molecule has 3 heterocycles. The van der Waals surface area contributed by atoms with Gasteiger partial charge >= 0.3 is 0 Å². The molecule has 158 valence electrons. The highest BCUT2D eigenvalue weighted by Crippen LogP contribution is 2.28. The van der Waals surface area contributed by atoms with Crippen molar-refractivity contribution in [1.29, 1.82) is 0 Å². The molecule has 0 aliphatic heterocycles. The van der Waals surface area contributed by atoms with E-state index in [0.717, 1.165) is 55.6 Å². The minimum Gasteiger partial charge on any atom is -0.222 e. The average Bonchev–Trinajstić information content (AvgIpc) is 3.48. The molecule has 0 unspecified atom stereocenters. The first kappa shape index (κ1) is 21.3. The van der Waals surface area contributed by atoms with E-state index in [4.69, 9.17) is 15.3 Å². The zero-order valence-corrected chi connectivity index (χ0v) is 19.2. The Morgan fingerprint density at radius 1 is 0.552 bits per heavy atom. The van der Waals surface area contributed by atoms with Crippen LogP contribution in [0.15, 0.2) is 18.2 Å². The number of aromatic nitrogens is 6. The van der Waals surface area contributed by atoms with Crippen LogP contribution in [-0.4, -0.2) is 29.3 Å². The molecule has 0 aromatic carbocycles. The van der Waals surface area contributed by atoms with E-state index in [-0.39, 0.29) is 0 Å². The summed E-state index contributed by atoms with van der Waals surface area (Å²) in [5.41, 5.74) is 6.93. The van der Waals surface area contributed by atoms with Gasteiger partial charge in [-0.1, -0.05) is 41.5 Å². The molecule has 0 aliphatic carbocycles. The van der Waals surface area contributed by atoms with Gasteiger partial charge < -0.3 is 0 Å². The van der Waals surface area contributed by atoms with Crippen molar-refractivity contribution in [2.45, 2.75) is 92.8 Å². The maximum atomic E-state index is 5.04. The summed E-state index contributed by atoms with van der Waals surface area (Å²) < 4.78 is 6.47. The van der Waals surface area contributed by atoms with Crippen molar-refractivity contribution in [3.63, 3.8) is 0 Å². The number of hydrogen-bond donors (Lipinski definition) is 0. The van der Waals surface area contributed by atoms with Crippen LogP contribution in [-0.2, 0) is 44.3 Å². The highest BCUT2D eigenvalue weighted by molar-refractivity contribution is 5.20. The van der Waals surface area contributed by atoms with Gasteiger partial charge in [-0.2, -0.15) is 15.3 Å². The molecule has 0 bridgehead atoms. The van der Waals surface area contributed by atoms with Gasteiger partial charge in [0.1, 0.15) is 0 Å². The van der Waals surface area contributed by atoms with Gasteiger partial charge in [-0.05, 0) is 56.7 Å².